The number of hydrogen-bond donors (Lipinski definition) is 2. The van der Waals surface area contributed by atoms with Crippen molar-refractivity contribution in [3.8, 4) is 0 Å². The molecule has 2 amide bonds. The van der Waals surface area contributed by atoms with Crippen molar-refractivity contribution >= 4 is 22.7 Å². The highest BCUT2D eigenvalue weighted by atomic mass is 16.2. The first-order valence-electron chi connectivity index (χ1n) is 9.61. The maximum atomic E-state index is 12.9. The number of likely N-dealkylation sites (tertiary alicyclic amines) is 1. The summed E-state index contributed by atoms with van der Waals surface area (Å²) in [5.41, 5.74) is 2.22. The summed E-state index contributed by atoms with van der Waals surface area (Å²) < 4.78 is 0. The minimum atomic E-state index is -0.393. The zero-order valence-electron chi connectivity index (χ0n) is 15.8. The lowest BCUT2D eigenvalue weighted by atomic mass is 10.1. The molecular formula is C21H23N5O2. The van der Waals surface area contributed by atoms with Crippen LogP contribution in [0.1, 0.15) is 58.8 Å². The van der Waals surface area contributed by atoms with Crippen molar-refractivity contribution in [1.82, 2.24) is 25.2 Å². The van der Waals surface area contributed by atoms with E-state index in [0.717, 1.165) is 35.7 Å². The minimum absolute atomic E-state index is 0.0765. The molecule has 0 aliphatic carbocycles. The summed E-state index contributed by atoms with van der Waals surface area (Å²) in [6, 6.07) is 7.76. The molecule has 1 aliphatic heterocycles. The quantitative estimate of drug-likeness (QED) is 0.731. The molecule has 3 heterocycles. The van der Waals surface area contributed by atoms with Gasteiger partial charge in [-0.05, 0) is 55.3 Å². The molecule has 0 spiro atoms. The molecule has 2 N–H and O–H groups in total. The van der Waals surface area contributed by atoms with Crippen molar-refractivity contribution < 1.29 is 9.59 Å². The van der Waals surface area contributed by atoms with Gasteiger partial charge in [-0.1, -0.05) is 6.07 Å². The third-order valence-corrected chi connectivity index (χ3v) is 5.18. The van der Waals surface area contributed by atoms with Gasteiger partial charge in [-0.2, -0.15) is 0 Å². The van der Waals surface area contributed by atoms with E-state index in [1.54, 1.807) is 4.90 Å². The summed E-state index contributed by atoms with van der Waals surface area (Å²) in [5.74, 6) is -0.616. The first-order chi connectivity index (χ1) is 13.6. The third kappa shape index (κ3) is 3.60. The Balaban J connectivity index is 1.53. The highest BCUT2D eigenvalue weighted by Crippen LogP contribution is 2.20. The van der Waals surface area contributed by atoms with Gasteiger partial charge in [0.2, 0.25) is 0 Å². The Kier molecular flexibility index (Phi) is 5.06. The van der Waals surface area contributed by atoms with Crippen molar-refractivity contribution in [2.75, 3.05) is 13.1 Å². The Hall–Kier alpha value is -3.22. The molecule has 1 atom stereocenters. The van der Waals surface area contributed by atoms with E-state index in [9.17, 15) is 9.59 Å². The number of piperidine rings is 1. The van der Waals surface area contributed by atoms with Gasteiger partial charge in [0, 0.05) is 37.2 Å². The minimum Gasteiger partial charge on any atom is -0.361 e. The molecule has 7 heteroatoms. The molecule has 2 aromatic heterocycles. The number of hydrogen-bond acceptors (Lipinski definition) is 4. The number of fused-ring (bicyclic) bond motifs is 1. The Morgan fingerprint density at radius 1 is 1.07 bits per heavy atom. The second-order valence-electron chi connectivity index (χ2n) is 7.13. The van der Waals surface area contributed by atoms with Gasteiger partial charge in [0.1, 0.15) is 0 Å². The Morgan fingerprint density at radius 2 is 1.82 bits per heavy atom. The maximum absolute atomic E-state index is 12.9. The monoisotopic (exact) mass is 377 g/mol. The molecule has 1 unspecified atom stereocenters. The summed E-state index contributed by atoms with van der Waals surface area (Å²) in [6.45, 7) is 3.31. The van der Waals surface area contributed by atoms with E-state index in [1.165, 1.54) is 12.4 Å². The number of carbonyl (C=O) groups is 2. The first-order valence-corrected chi connectivity index (χ1v) is 9.61. The highest BCUT2D eigenvalue weighted by molar-refractivity contribution is 6.04. The van der Waals surface area contributed by atoms with Crippen LogP contribution in [0.4, 0.5) is 0 Å². The maximum Gasteiger partial charge on any atom is 0.274 e. The van der Waals surface area contributed by atoms with E-state index in [4.69, 9.17) is 0 Å². The first kappa shape index (κ1) is 18.2. The van der Waals surface area contributed by atoms with Gasteiger partial charge in [0.05, 0.1) is 6.04 Å². The third-order valence-electron chi connectivity index (χ3n) is 5.18. The topological polar surface area (TPSA) is 91.0 Å². The number of aromatic nitrogens is 3. The van der Waals surface area contributed by atoms with Crippen molar-refractivity contribution in [2.45, 2.75) is 32.2 Å². The average molecular weight is 377 g/mol. The summed E-state index contributed by atoms with van der Waals surface area (Å²) in [5, 5.41) is 4.03. The smallest absolute Gasteiger partial charge is 0.274 e. The summed E-state index contributed by atoms with van der Waals surface area (Å²) in [6.07, 6.45) is 7.87. The fraction of sp³-hybridized carbons (Fsp3) is 0.333. The number of carbonyl (C=O) groups excluding carboxylic acids is 2. The largest absolute Gasteiger partial charge is 0.361 e. The zero-order chi connectivity index (χ0) is 19.5. The van der Waals surface area contributed by atoms with Crippen molar-refractivity contribution in [1.29, 1.82) is 0 Å². The summed E-state index contributed by atoms with van der Waals surface area (Å²) in [4.78, 5) is 38.9. The van der Waals surface area contributed by atoms with Gasteiger partial charge < -0.3 is 15.2 Å². The zero-order valence-corrected chi connectivity index (χ0v) is 15.8. The van der Waals surface area contributed by atoms with Crippen molar-refractivity contribution in [2.24, 2.45) is 0 Å². The van der Waals surface area contributed by atoms with Crippen molar-refractivity contribution in [3.05, 3.63) is 59.8 Å². The highest BCUT2D eigenvalue weighted by Gasteiger charge is 2.26. The Morgan fingerprint density at radius 3 is 2.61 bits per heavy atom. The predicted molar refractivity (Wildman–Crippen MR) is 106 cm³/mol. The van der Waals surface area contributed by atoms with Crippen LogP contribution >= 0.6 is 0 Å². The van der Waals surface area contributed by atoms with Crippen LogP contribution in [0.15, 0.2) is 42.9 Å². The van der Waals surface area contributed by atoms with Gasteiger partial charge in [0.15, 0.2) is 11.4 Å². The fourth-order valence-electron chi connectivity index (χ4n) is 3.60. The lowest BCUT2D eigenvalue weighted by Gasteiger charge is -2.26. The molecule has 1 fully saturated rings. The SMILES string of the molecule is CC(NC(=O)c1nccnc1C(=O)N1CCCCC1)c1ccc2[nH]ccc2c1. The second-order valence-corrected chi connectivity index (χ2v) is 7.13. The molecular weight excluding hydrogens is 354 g/mol. The predicted octanol–water partition coefficient (Wildman–Crippen LogP) is 3.08. The molecule has 1 saturated heterocycles. The van der Waals surface area contributed by atoms with Gasteiger partial charge in [0.25, 0.3) is 11.8 Å². The van der Waals surface area contributed by atoms with E-state index in [0.29, 0.717) is 13.1 Å². The van der Waals surface area contributed by atoms with Crippen LogP contribution in [0.3, 0.4) is 0 Å². The molecule has 4 rings (SSSR count). The number of aromatic amines is 1. The second kappa shape index (κ2) is 7.80. The average Bonchev–Trinajstić information content (AvgIpc) is 3.21. The number of H-pyrrole nitrogens is 1. The summed E-state index contributed by atoms with van der Waals surface area (Å²) in [7, 11) is 0. The fourth-order valence-corrected chi connectivity index (χ4v) is 3.60. The van der Waals surface area contributed by atoms with Crippen LogP contribution in [0.25, 0.3) is 10.9 Å². The van der Waals surface area contributed by atoms with Crippen LogP contribution in [0.2, 0.25) is 0 Å². The molecule has 7 nitrogen and oxygen atoms in total. The number of nitrogens with one attached hydrogen (secondary N) is 2. The van der Waals surface area contributed by atoms with Gasteiger partial charge in [-0.3, -0.25) is 9.59 Å². The molecule has 1 aliphatic rings. The normalized spacial score (nSPS) is 15.4. The van der Waals surface area contributed by atoms with Gasteiger partial charge in [-0.25, -0.2) is 9.97 Å². The summed E-state index contributed by atoms with van der Waals surface area (Å²) >= 11 is 0. The molecule has 0 radical (unpaired) electrons. The lowest BCUT2D eigenvalue weighted by Crippen LogP contribution is -2.38. The van der Waals surface area contributed by atoms with Gasteiger partial charge in [-0.15, -0.1) is 0 Å². The van der Waals surface area contributed by atoms with Crippen LogP contribution in [0.5, 0.6) is 0 Å². The number of rotatable bonds is 4. The van der Waals surface area contributed by atoms with Crippen LogP contribution in [-0.4, -0.2) is 44.8 Å². The molecule has 1 aromatic carbocycles. The molecule has 28 heavy (non-hydrogen) atoms. The van der Waals surface area contributed by atoms with E-state index in [-0.39, 0.29) is 23.3 Å². The van der Waals surface area contributed by atoms with E-state index in [1.807, 2.05) is 37.4 Å². The Labute approximate surface area is 163 Å². The standard InChI is InChI=1S/C21H23N5O2/c1-14(15-5-6-17-16(13-15)7-8-22-17)25-20(27)18-19(24-10-9-23-18)21(28)26-11-3-2-4-12-26/h5-10,13-14,22H,2-4,11-12H2,1H3,(H,25,27). The van der Waals surface area contributed by atoms with E-state index in [2.05, 4.69) is 20.3 Å². The number of nitrogens with zero attached hydrogens (tertiary/aromatic N) is 3. The molecule has 0 bridgehead atoms. The van der Waals surface area contributed by atoms with E-state index >= 15 is 0 Å². The van der Waals surface area contributed by atoms with Gasteiger partial charge >= 0.3 is 0 Å². The van der Waals surface area contributed by atoms with Crippen LogP contribution in [-0.2, 0) is 0 Å². The molecule has 144 valence electrons. The van der Waals surface area contributed by atoms with Crippen molar-refractivity contribution in [3.63, 3.8) is 0 Å². The Bertz CT molecular complexity index is 1010. The lowest BCUT2D eigenvalue weighted by molar-refractivity contribution is 0.0710. The molecule has 3 aromatic rings. The van der Waals surface area contributed by atoms with Crippen LogP contribution in [0, 0.1) is 0 Å². The molecule has 0 saturated carbocycles. The number of benzene rings is 1. The van der Waals surface area contributed by atoms with E-state index < -0.39 is 5.91 Å². The van der Waals surface area contributed by atoms with Crippen LogP contribution < -0.4 is 5.32 Å². The number of amides is 2.